The molecule has 0 bridgehead atoms. The maximum absolute atomic E-state index is 4.84. The Kier molecular flexibility index (Phi) is 2.23. The molecule has 0 aromatic rings. The van der Waals surface area contributed by atoms with E-state index in [1.165, 1.54) is 0 Å². The van der Waals surface area contributed by atoms with Crippen LogP contribution in [0.2, 0.25) is 0 Å². The first kappa shape index (κ1) is 5.97. The smallest absolute Gasteiger partial charge is 0.0845 e. The third kappa shape index (κ3) is 1.41. The second kappa shape index (κ2) is 2.99. The zero-order valence-corrected chi connectivity index (χ0v) is 4.68. The lowest BCUT2D eigenvalue weighted by Gasteiger charge is -2.04. The molecule has 1 saturated heterocycles. The number of nitrogens with one attached hydrogen (secondary N) is 2. The van der Waals surface area contributed by atoms with Crippen LogP contribution < -0.4 is 16.5 Å². The van der Waals surface area contributed by atoms with Crippen LogP contribution in [-0.4, -0.2) is 25.9 Å². The van der Waals surface area contributed by atoms with Gasteiger partial charge in [-0.1, -0.05) is 0 Å². The standard InChI is InChI=1S/C4H11N3O/c5-8-2-4-1-6-3-7-4/h4,6-7H,1-3,5H2. The molecule has 4 nitrogen and oxygen atoms in total. The molecule has 0 saturated carbocycles. The molecule has 1 heterocycles. The predicted octanol–water partition coefficient (Wildman–Crippen LogP) is -1.60. The summed E-state index contributed by atoms with van der Waals surface area (Å²) in [6, 6.07) is 0.403. The van der Waals surface area contributed by atoms with E-state index < -0.39 is 0 Å². The van der Waals surface area contributed by atoms with Gasteiger partial charge in [0, 0.05) is 19.3 Å². The first-order valence-electron chi connectivity index (χ1n) is 2.69. The summed E-state index contributed by atoms with van der Waals surface area (Å²) < 4.78 is 0. The van der Waals surface area contributed by atoms with E-state index in [1.807, 2.05) is 0 Å². The summed E-state index contributed by atoms with van der Waals surface area (Å²) in [6.45, 7) is 2.41. The fourth-order valence-electron chi connectivity index (χ4n) is 0.769. The molecule has 1 fully saturated rings. The summed E-state index contributed by atoms with van der Waals surface area (Å²) in [5.74, 6) is 4.84. The van der Waals surface area contributed by atoms with Crippen molar-refractivity contribution in [3.63, 3.8) is 0 Å². The van der Waals surface area contributed by atoms with Crippen LogP contribution >= 0.6 is 0 Å². The van der Waals surface area contributed by atoms with Crippen LogP contribution in [0.15, 0.2) is 0 Å². The Morgan fingerprint density at radius 2 is 2.62 bits per heavy atom. The van der Waals surface area contributed by atoms with Gasteiger partial charge >= 0.3 is 0 Å². The highest BCUT2D eigenvalue weighted by Crippen LogP contribution is 1.85. The molecule has 1 atom stereocenters. The average molecular weight is 117 g/mol. The molecule has 1 unspecified atom stereocenters. The van der Waals surface area contributed by atoms with E-state index >= 15 is 0 Å². The van der Waals surface area contributed by atoms with E-state index in [0.29, 0.717) is 12.6 Å². The highest BCUT2D eigenvalue weighted by molar-refractivity contribution is 4.73. The Morgan fingerprint density at radius 1 is 1.75 bits per heavy atom. The lowest BCUT2D eigenvalue weighted by molar-refractivity contribution is 0.121. The molecule has 0 amide bonds. The molecule has 0 aromatic carbocycles. The van der Waals surface area contributed by atoms with Crippen molar-refractivity contribution < 1.29 is 4.84 Å². The van der Waals surface area contributed by atoms with Crippen molar-refractivity contribution in [3.8, 4) is 0 Å². The van der Waals surface area contributed by atoms with Crippen molar-refractivity contribution in [3.05, 3.63) is 0 Å². The molecule has 1 aliphatic heterocycles. The normalized spacial score (nSPS) is 28.9. The quantitative estimate of drug-likeness (QED) is 0.381. The summed E-state index contributed by atoms with van der Waals surface area (Å²) in [4.78, 5) is 4.42. The third-order valence-corrected chi connectivity index (χ3v) is 1.20. The van der Waals surface area contributed by atoms with Crippen molar-refractivity contribution in [2.75, 3.05) is 19.8 Å². The summed E-state index contributed by atoms with van der Waals surface area (Å²) in [5, 5.41) is 6.25. The molecule has 1 rings (SSSR count). The van der Waals surface area contributed by atoms with Crippen LogP contribution in [-0.2, 0) is 4.84 Å². The molecule has 0 aliphatic carbocycles. The SMILES string of the molecule is NOCC1CNCN1. The first-order valence-corrected chi connectivity index (χ1v) is 2.69. The van der Waals surface area contributed by atoms with Gasteiger partial charge in [0.25, 0.3) is 0 Å². The lowest BCUT2D eigenvalue weighted by atomic mass is 10.3. The number of hydrogen-bond donors (Lipinski definition) is 3. The molecule has 8 heavy (non-hydrogen) atoms. The second-order valence-corrected chi connectivity index (χ2v) is 1.87. The lowest BCUT2D eigenvalue weighted by Crippen LogP contribution is -2.30. The Morgan fingerprint density at radius 3 is 3.12 bits per heavy atom. The minimum atomic E-state index is 0.403. The van der Waals surface area contributed by atoms with Crippen molar-refractivity contribution in [2.45, 2.75) is 6.04 Å². The number of rotatable bonds is 2. The maximum atomic E-state index is 4.84. The van der Waals surface area contributed by atoms with Crippen molar-refractivity contribution >= 4 is 0 Å². The zero-order valence-electron chi connectivity index (χ0n) is 4.68. The van der Waals surface area contributed by atoms with E-state index in [0.717, 1.165) is 13.2 Å². The summed E-state index contributed by atoms with van der Waals surface area (Å²) >= 11 is 0. The van der Waals surface area contributed by atoms with Crippen molar-refractivity contribution in [1.29, 1.82) is 0 Å². The first-order chi connectivity index (χ1) is 3.93. The Bertz CT molecular complexity index is 62.3. The molecule has 0 radical (unpaired) electrons. The van der Waals surface area contributed by atoms with Crippen LogP contribution in [0.3, 0.4) is 0 Å². The number of hydrogen-bond acceptors (Lipinski definition) is 4. The van der Waals surface area contributed by atoms with Crippen LogP contribution in [0.1, 0.15) is 0 Å². The average Bonchev–Trinajstić information content (AvgIpc) is 2.19. The Balaban J connectivity index is 2.06. The molecule has 4 N–H and O–H groups in total. The van der Waals surface area contributed by atoms with Gasteiger partial charge in [-0.25, -0.2) is 5.90 Å². The van der Waals surface area contributed by atoms with E-state index in [2.05, 4.69) is 15.5 Å². The van der Waals surface area contributed by atoms with E-state index in [1.54, 1.807) is 0 Å². The van der Waals surface area contributed by atoms with E-state index in [4.69, 9.17) is 5.90 Å². The molecule has 0 aromatic heterocycles. The minimum absolute atomic E-state index is 0.403. The zero-order chi connectivity index (χ0) is 5.82. The van der Waals surface area contributed by atoms with Gasteiger partial charge in [0.2, 0.25) is 0 Å². The van der Waals surface area contributed by atoms with Crippen LogP contribution in [0.4, 0.5) is 0 Å². The van der Waals surface area contributed by atoms with Crippen LogP contribution in [0.25, 0.3) is 0 Å². The fourth-order valence-corrected chi connectivity index (χ4v) is 0.769. The minimum Gasteiger partial charge on any atom is -0.303 e. The summed E-state index contributed by atoms with van der Waals surface area (Å²) in [7, 11) is 0. The Hall–Kier alpha value is -0.160. The maximum Gasteiger partial charge on any atom is 0.0845 e. The molecule has 0 spiro atoms. The third-order valence-electron chi connectivity index (χ3n) is 1.20. The molecular formula is C4H11N3O. The van der Waals surface area contributed by atoms with Gasteiger partial charge in [0.15, 0.2) is 0 Å². The van der Waals surface area contributed by atoms with Gasteiger partial charge in [-0.15, -0.1) is 0 Å². The highest BCUT2D eigenvalue weighted by atomic mass is 16.6. The predicted molar refractivity (Wildman–Crippen MR) is 29.9 cm³/mol. The van der Waals surface area contributed by atoms with Gasteiger partial charge in [-0.05, 0) is 0 Å². The molecular weight excluding hydrogens is 106 g/mol. The monoisotopic (exact) mass is 117 g/mol. The summed E-state index contributed by atoms with van der Waals surface area (Å²) in [6.07, 6.45) is 0. The van der Waals surface area contributed by atoms with Crippen LogP contribution in [0, 0.1) is 0 Å². The van der Waals surface area contributed by atoms with Gasteiger partial charge in [0.05, 0.1) is 6.61 Å². The highest BCUT2D eigenvalue weighted by Gasteiger charge is 2.11. The fraction of sp³-hybridized carbons (Fsp3) is 1.00. The van der Waals surface area contributed by atoms with Gasteiger partial charge in [-0.3, -0.25) is 5.32 Å². The topological polar surface area (TPSA) is 59.3 Å². The molecule has 48 valence electrons. The Labute approximate surface area is 48.3 Å². The van der Waals surface area contributed by atoms with Gasteiger partial charge < -0.3 is 10.2 Å². The molecule has 4 heteroatoms. The van der Waals surface area contributed by atoms with Crippen molar-refractivity contribution in [2.24, 2.45) is 5.90 Å². The molecule has 1 aliphatic rings. The van der Waals surface area contributed by atoms with E-state index in [9.17, 15) is 0 Å². The number of nitrogens with two attached hydrogens (primary N) is 1. The van der Waals surface area contributed by atoms with Crippen LogP contribution in [0.5, 0.6) is 0 Å². The largest absolute Gasteiger partial charge is 0.303 e. The van der Waals surface area contributed by atoms with Gasteiger partial charge in [0.1, 0.15) is 0 Å². The summed E-state index contributed by atoms with van der Waals surface area (Å²) in [5.41, 5.74) is 0. The van der Waals surface area contributed by atoms with E-state index in [-0.39, 0.29) is 0 Å². The van der Waals surface area contributed by atoms with Crippen molar-refractivity contribution in [1.82, 2.24) is 10.6 Å². The van der Waals surface area contributed by atoms with Gasteiger partial charge in [-0.2, -0.15) is 0 Å². The second-order valence-electron chi connectivity index (χ2n) is 1.87.